The summed E-state index contributed by atoms with van der Waals surface area (Å²) in [6.45, 7) is 4.30. The van der Waals surface area contributed by atoms with Crippen LogP contribution in [0.3, 0.4) is 0 Å². The molecule has 0 N–H and O–H groups in total. The van der Waals surface area contributed by atoms with Gasteiger partial charge in [-0.1, -0.05) is 30.3 Å². The second-order valence-corrected chi connectivity index (χ2v) is 6.85. The molecule has 0 unspecified atom stereocenters. The summed E-state index contributed by atoms with van der Waals surface area (Å²) < 4.78 is 19.1. The number of anilines is 1. The first-order valence-corrected chi connectivity index (χ1v) is 9.04. The average Bonchev–Trinajstić information content (AvgIpc) is 3.31. The van der Waals surface area contributed by atoms with Crippen molar-refractivity contribution in [2.45, 2.75) is 32.6 Å². The second kappa shape index (κ2) is 6.95. The number of hydrogen-bond acceptors (Lipinski definition) is 4. The van der Waals surface area contributed by atoms with Gasteiger partial charge in [-0.05, 0) is 48.7 Å². The molecular formula is C21H20FN3O2. The van der Waals surface area contributed by atoms with Crippen LogP contribution in [0.4, 0.5) is 10.1 Å². The molecular weight excluding hydrogens is 345 g/mol. The maximum atomic E-state index is 13.8. The maximum Gasteiger partial charge on any atom is 0.258 e. The van der Waals surface area contributed by atoms with Gasteiger partial charge in [0, 0.05) is 30.1 Å². The Morgan fingerprint density at radius 3 is 2.70 bits per heavy atom. The number of aryl methyl sites for hydroxylation is 2. The van der Waals surface area contributed by atoms with Crippen LogP contribution in [0, 0.1) is 12.7 Å². The van der Waals surface area contributed by atoms with Gasteiger partial charge >= 0.3 is 0 Å². The number of rotatable bonds is 4. The van der Waals surface area contributed by atoms with Crippen LogP contribution in [-0.2, 0) is 11.2 Å². The number of amides is 1. The minimum Gasteiger partial charge on any atom is -0.334 e. The van der Waals surface area contributed by atoms with Crippen molar-refractivity contribution in [1.29, 1.82) is 0 Å². The fraction of sp³-hybridized carbons (Fsp3) is 0.286. The number of aromatic nitrogens is 2. The fourth-order valence-electron chi connectivity index (χ4n) is 3.29. The number of benzene rings is 2. The van der Waals surface area contributed by atoms with Gasteiger partial charge in [-0.3, -0.25) is 4.79 Å². The quantitative estimate of drug-likeness (QED) is 0.693. The molecule has 0 spiro atoms. The van der Waals surface area contributed by atoms with Crippen LogP contribution in [0.1, 0.15) is 36.2 Å². The van der Waals surface area contributed by atoms with Gasteiger partial charge < -0.3 is 9.42 Å². The van der Waals surface area contributed by atoms with E-state index in [2.05, 4.69) is 17.1 Å². The van der Waals surface area contributed by atoms with E-state index < -0.39 is 0 Å². The zero-order valence-electron chi connectivity index (χ0n) is 15.3. The Bertz CT molecular complexity index is 981. The van der Waals surface area contributed by atoms with Crippen molar-refractivity contribution in [2.24, 2.45) is 0 Å². The Balaban J connectivity index is 1.53. The molecule has 6 heteroatoms. The van der Waals surface area contributed by atoms with Crippen molar-refractivity contribution in [3.63, 3.8) is 0 Å². The van der Waals surface area contributed by atoms with Gasteiger partial charge in [-0.15, -0.1) is 0 Å². The molecule has 1 saturated heterocycles. The molecule has 5 nitrogen and oxygen atoms in total. The highest BCUT2D eigenvalue weighted by molar-refractivity contribution is 5.96. The van der Waals surface area contributed by atoms with Gasteiger partial charge in [-0.25, -0.2) is 4.39 Å². The molecule has 0 saturated carbocycles. The standard InChI is InChI=1S/C21H20FN3O2/c1-3-14-5-8-17(9-6-14)25-12-16(11-19(25)26)20-23-21(27-24-20)15-7-4-13(2)18(22)10-15/h4-10,16H,3,11-12H2,1-2H3/t16-/m0/s1. The lowest BCUT2D eigenvalue weighted by molar-refractivity contribution is -0.117. The summed E-state index contributed by atoms with van der Waals surface area (Å²) in [5.41, 5.74) is 3.21. The summed E-state index contributed by atoms with van der Waals surface area (Å²) in [5.74, 6) is 0.326. The van der Waals surface area contributed by atoms with Crippen molar-refractivity contribution in [3.05, 3.63) is 65.2 Å². The van der Waals surface area contributed by atoms with Gasteiger partial charge in [-0.2, -0.15) is 4.98 Å². The molecule has 138 valence electrons. The van der Waals surface area contributed by atoms with Crippen molar-refractivity contribution in [1.82, 2.24) is 10.1 Å². The maximum absolute atomic E-state index is 13.8. The van der Waals surface area contributed by atoms with E-state index >= 15 is 0 Å². The van der Waals surface area contributed by atoms with Crippen LogP contribution in [0.15, 0.2) is 47.0 Å². The molecule has 4 rings (SSSR count). The third-order valence-electron chi connectivity index (χ3n) is 5.01. The number of carbonyl (C=O) groups excluding carboxylic acids is 1. The normalized spacial score (nSPS) is 16.9. The van der Waals surface area contributed by atoms with Crippen LogP contribution in [0.25, 0.3) is 11.5 Å². The predicted octanol–water partition coefficient (Wildman–Crippen LogP) is 4.27. The van der Waals surface area contributed by atoms with E-state index in [-0.39, 0.29) is 23.5 Å². The smallest absolute Gasteiger partial charge is 0.258 e. The molecule has 27 heavy (non-hydrogen) atoms. The number of hydrogen-bond donors (Lipinski definition) is 0. The van der Waals surface area contributed by atoms with E-state index in [1.807, 2.05) is 24.3 Å². The summed E-state index contributed by atoms with van der Waals surface area (Å²) in [5, 5.41) is 4.03. The molecule has 2 aromatic carbocycles. The predicted molar refractivity (Wildman–Crippen MR) is 100.0 cm³/mol. The van der Waals surface area contributed by atoms with E-state index in [1.165, 1.54) is 11.6 Å². The fourth-order valence-corrected chi connectivity index (χ4v) is 3.29. The van der Waals surface area contributed by atoms with Gasteiger partial charge in [0.15, 0.2) is 5.82 Å². The Morgan fingerprint density at radius 2 is 2.00 bits per heavy atom. The van der Waals surface area contributed by atoms with Crippen molar-refractivity contribution >= 4 is 11.6 Å². The lowest BCUT2D eigenvalue weighted by Crippen LogP contribution is -2.24. The monoisotopic (exact) mass is 365 g/mol. The summed E-state index contributed by atoms with van der Waals surface area (Å²) in [6.07, 6.45) is 1.29. The third-order valence-corrected chi connectivity index (χ3v) is 5.01. The molecule has 2 heterocycles. The molecule has 0 radical (unpaired) electrons. The topological polar surface area (TPSA) is 59.2 Å². The highest BCUT2D eigenvalue weighted by atomic mass is 19.1. The molecule has 0 aliphatic carbocycles. The Labute approximate surface area is 156 Å². The average molecular weight is 365 g/mol. The van der Waals surface area contributed by atoms with E-state index in [9.17, 15) is 9.18 Å². The minimum atomic E-state index is -0.315. The molecule has 1 amide bonds. The van der Waals surface area contributed by atoms with Crippen molar-refractivity contribution in [2.75, 3.05) is 11.4 Å². The molecule has 1 aliphatic heterocycles. The van der Waals surface area contributed by atoms with Crippen molar-refractivity contribution < 1.29 is 13.7 Å². The van der Waals surface area contributed by atoms with E-state index in [0.29, 0.717) is 29.9 Å². The van der Waals surface area contributed by atoms with Gasteiger partial charge in [0.25, 0.3) is 5.89 Å². The molecule has 1 aliphatic rings. The zero-order chi connectivity index (χ0) is 19.0. The summed E-state index contributed by atoms with van der Waals surface area (Å²) in [4.78, 5) is 18.6. The lowest BCUT2D eigenvalue weighted by Gasteiger charge is -2.16. The number of nitrogens with zero attached hydrogens (tertiary/aromatic N) is 3. The van der Waals surface area contributed by atoms with Gasteiger partial charge in [0.1, 0.15) is 5.82 Å². The zero-order valence-corrected chi connectivity index (χ0v) is 15.3. The Morgan fingerprint density at radius 1 is 1.22 bits per heavy atom. The minimum absolute atomic E-state index is 0.0389. The molecule has 1 fully saturated rings. The molecule has 1 atom stereocenters. The third kappa shape index (κ3) is 3.35. The SMILES string of the molecule is CCc1ccc(N2C[C@@H](c3noc(-c4ccc(C)c(F)c4)n3)CC2=O)cc1. The highest BCUT2D eigenvalue weighted by Crippen LogP contribution is 2.32. The van der Waals surface area contributed by atoms with Crippen LogP contribution in [0.5, 0.6) is 0 Å². The first-order valence-electron chi connectivity index (χ1n) is 9.04. The van der Waals surface area contributed by atoms with Crippen molar-refractivity contribution in [3.8, 4) is 11.5 Å². The number of carbonyl (C=O) groups is 1. The van der Waals surface area contributed by atoms with Crippen LogP contribution < -0.4 is 4.90 Å². The molecule has 0 bridgehead atoms. The van der Waals surface area contributed by atoms with Gasteiger partial charge in [0.05, 0.1) is 0 Å². The number of halogens is 1. The van der Waals surface area contributed by atoms with E-state index in [4.69, 9.17) is 4.52 Å². The largest absolute Gasteiger partial charge is 0.334 e. The Kier molecular flexibility index (Phi) is 4.48. The van der Waals surface area contributed by atoms with Gasteiger partial charge in [0.2, 0.25) is 5.91 Å². The molecule has 3 aromatic rings. The van der Waals surface area contributed by atoms with E-state index in [0.717, 1.165) is 12.1 Å². The summed E-state index contributed by atoms with van der Waals surface area (Å²) in [6, 6.07) is 12.8. The lowest BCUT2D eigenvalue weighted by atomic mass is 10.1. The first kappa shape index (κ1) is 17.4. The van der Waals surface area contributed by atoms with E-state index in [1.54, 1.807) is 24.0 Å². The van der Waals surface area contributed by atoms with Crippen LogP contribution in [0.2, 0.25) is 0 Å². The first-order chi connectivity index (χ1) is 13.0. The van der Waals surface area contributed by atoms with Crippen LogP contribution in [-0.4, -0.2) is 22.6 Å². The summed E-state index contributed by atoms with van der Waals surface area (Å²) >= 11 is 0. The highest BCUT2D eigenvalue weighted by Gasteiger charge is 2.34. The van der Waals surface area contributed by atoms with Crippen LogP contribution >= 0.6 is 0 Å². The second-order valence-electron chi connectivity index (χ2n) is 6.85. The summed E-state index contributed by atoms with van der Waals surface area (Å²) in [7, 11) is 0. The molecule has 1 aromatic heterocycles. The Hall–Kier alpha value is -3.02.